The maximum atomic E-state index is 12.4. The summed E-state index contributed by atoms with van der Waals surface area (Å²) < 4.78 is 0. The lowest BCUT2D eigenvalue weighted by Crippen LogP contribution is -2.37. The SMILES string of the molecule is O=C(c1cc[nH]c1)N1CCN(C/C=C/c2ccccc2)CC(O)C1. The lowest BCUT2D eigenvalue weighted by Gasteiger charge is -2.21. The Morgan fingerprint density at radius 3 is 2.79 bits per heavy atom. The fourth-order valence-corrected chi connectivity index (χ4v) is 2.95. The van der Waals surface area contributed by atoms with E-state index in [1.54, 1.807) is 23.4 Å². The van der Waals surface area contributed by atoms with Crippen LogP contribution >= 0.6 is 0 Å². The van der Waals surface area contributed by atoms with E-state index < -0.39 is 6.10 Å². The molecule has 5 heteroatoms. The van der Waals surface area contributed by atoms with Crippen LogP contribution in [-0.4, -0.2) is 64.6 Å². The van der Waals surface area contributed by atoms with Crippen molar-refractivity contribution in [2.24, 2.45) is 0 Å². The molecule has 1 unspecified atom stereocenters. The Hall–Kier alpha value is -2.37. The minimum atomic E-state index is -0.527. The lowest BCUT2D eigenvalue weighted by atomic mass is 10.2. The molecule has 0 spiro atoms. The number of nitrogens with one attached hydrogen (secondary N) is 1. The predicted molar refractivity (Wildman–Crippen MR) is 94.6 cm³/mol. The summed E-state index contributed by atoms with van der Waals surface area (Å²) >= 11 is 0. The van der Waals surface area contributed by atoms with Crippen molar-refractivity contribution < 1.29 is 9.90 Å². The molecule has 1 fully saturated rings. The summed E-state index contributed by atoms with van der Waals surface area (Å²) in [4.78, 5) is 19.2. The van der Waals surface area contributed by atoms with E-state index in [4.69, 9.17) is 0 Å². The van der Waals surface area contributed by atoms with Gasteiger partial charge in [-0.05, 0) is 11.6 Å². The summed E-state index contributed by atoms with van der Waals surface area (Å²) in [6, 6.07) is 11.9. The Kier molecular flexibility index (Phi) is 5.46. The van der Waals surface area contributed by atoms with Crippen molar-refractivity contribution in [1.29, 1.82) is 0 Å². The topological polar surface area (TPSA) is 59.6 Å². The molecule has 1 aliphatic heterocycles. The van der Waals surface area contributed by atoms with Crippen LogP contribution in [0, 0.1) is 0 Å². The predicted octanol–water partition coefficient (Wildman–Crippen LogP) is 1.85. The number of carbonyl (C=O) groups is 1. The molecule has 0 bridgehead atoms. The normalized spacial score (nSPS) is 19.5. The number of aliphatic hydroxyl groups is 1. The maximum Gasteiger partial charge on any atom is 0.255 e. The van der Waals surface area contributed by atoms with Crippen LogP contribution < -0.4 is 0 Å². The molecule has 2 heterocycles. The molecule has 1 aromatic heterocycles. The molecule has 2 N–H and O–H groups in total. The first-order chi connectivity index (χ1) is 11.7. The summed E-state index contributed by atoms with van der Waals surface area (Å²) in [5.41, 5.74) is 1.80. The number of hydrogen-bond acceptors (Lipinski definition) is 3. The molecular formula is C19H23N3O2. The zero-order chi connectivity index (χ0) is 16.8. The second-order valence-electron chi connectivity index (χ2n) is 6.08. The van der Waals surface area contributed by atoms with Gasteiger partial charge in [0, 0.05) is 45.1 Å². The third-order valence-corrected chi connectivity index (χ3v) is 4.19. The minimum Gasteiger partial charge on any atom is -0.390 e. The van der Waals surface area contributed by atoms with E-state index in [1.807, 2.05) is 18.2 Å². The molecule has 0 saturated carbocycles. The molecule has 1 aliphatic rings. The van der Waals surface area contributed by atoms with Crippen molar-refractivity contribution in [1.82, 2.24) is 14.8 Å². The van der Waals surface area contributed by atoms with Crippen LogP contribution in [0.15, 0.2) is 54.9 Å². The maximum absolute atomic E-state index is 12.4. The van der Waals surface area contributed by atoms with Crippen molar-refractivity contribution in [3.8, 4) is 0 Å². The average molecular weight is 325 g/mol. The van der Waals surface area contributed by atoms with E-state index in [0.717, 1.165) is 18.7 Å². The quantitative estimate of drug-likeness (QED) is 0.902. The fraction of sp³-hybridized carbons (Fsp3) is 0.316. The third kappa shape index (κ3) is 4.34. The zero-order valence-electron chi connectivity index (χ0n) is 13.6. The van der Waals surface area contributed by atoms with E-state index in [9.17, 15) is 9.90 Å². The Labute approximate surface area is 142 Å². The Morgan fingerprint density at radius 2 is 2.04 bits per heavy atom. The third-order valence-electron chi connectivity index (χ3n) is 4.19. The summed E-state index contributed by atoms with van der Waals surface area (Å²) in [7, 11) is 0. The highest BCUT2D eigenvalue weighted by Crippen LogP contribution is 2.10. The van der Waals surface area contributed by atoms with Gasteiger partial charge in [0.2, 0.25) is 0 Å². The number of aromatic amines is 1. The van der Waals surface area contributed by atoms with Gasteiger partial charge in [-0.25, -0.2) is 0 Å². The number of rotatable bonds is 4. The highest BCUT2D eigenvalue weighted by atomic mass is 16.3. The van der Waals surface area contributed by atoms with Gasteiger partial charge in [0.1, 0.15) is 0 Å². The van der Waals surface area contributed by atoms with Gasteiger partial charge in [0.05, 0.1) is 11.7 Å². The molecule has 1 saturated heterocycles. The summed E-state index contributed by atoms with van der Waals surface area (Å²) in [6.45, 7) is 3.10. The second kappa shape index (κ2) is 7.95. The molecule has 24 heavy (non-hydrogen) atoms. The van der Waals surface area contributed by atoms with Crippen LogP contribution in [0.5, 0.6) is 0 Å². The first kappa shape index (κ1) is 16.5. The van der Waals surface area contributed by atoms with E-state index in [1.165, 1.54) is 0 Å². The van der Waals surface area contributed by atoms with Gasteiger partial charge < -0.3 is 15.0 Å². The second-order valence-corrected chi connectivity index (χ2v) is 6.08. The molecule has 1 atom stereocenters. The van der Waals surface area contributed by atoms with Crippen molar-refractivity contribution in [3.05, 3.63) is 66.0 Å². The monoisotopic (exact) mass is 325 g/mol. The highest BCUT2D eigenvalue weighted by Gasteiger charge is 2.24. The molecule has 0 radical (unpaired) electrons. The number of nitrogens with zero attached hydrogens (tertiary/aromatic N) is 2. The largest absolute Gasteiger partial charge is 0.390 e. The number of amides is 1. The first-order valence-corrected chi connectivity index (χ1v) is 8.26. The van der Waals surface area contributed by atoms with Gasteiger partial charge in [-0.2, -0.15) is 0 Å². The lowest BCUT2D eigenvalue weighted by molar-refractivity contribution is 0.0665. The van der Waals surface area contributed by atoms with Gasteiger partial charge in [-0.15, -0.1) is 0 Å². The van der Waals surface area contributed by atoms with Crippen LogP contribution in [0.25, 0.3) is 6.08 Å². The van der Waals surface area contributed by atoms with E-state index in [-0.39, 0.29) is 5.91 Å². The first-order valence-electron chi connectivity index (χ1n) is 8.26. The van der Waals surface area contributed by atoms with Gasteiger partial charge in [-0.1, -0.05) is 42.5 Å². The summed E-state index contributed by atoms with van der Waals surface area (Å²) in [5.74, 6) is -0.0306. The van der Waals surface area contributed by atoms with Crippen molar-refractivity contribution in [2.75, 3.05) is 32.7 Å². The number of β-amino-alcohol motifs (C(OH)–C–C–N with tert-alkyl or cyclic N) is 1. The molecule has 5 nitrogen and oxygen atoms in total. The minimum absolute atomic E-state index is 0.0306. The molecule has 1 amide bonds. The van der Waals surface area contributed by atoms with Crippen LogP contribution in [-0.2, 0) is 0 Å². The van der Waals surface area contributed by atoms with Gasteiger partial charge >= 0.3 is 0 Å². The summed E-state index contributed by atoms with van der Waals surface area (Å²) in [5, 5.41) is 10.2. The number of carbonyl (C=O) groups excluding carboxylic acids is 1. The Bertz CT molecular complexity index is 667. The van der Waals surface area contributed by atoms with Crippen LogP contribution in [0.2, 0.25) is 0 Å². The van der Waals surface area contributed by atoms with Crippen LogP contribution in [0.4, 0.5) is 0 Å². The average Bonchev–Trinajstić information content (AvgIpc) is 3.06. The molecule has 1 aromatic carbocycles. The standard InChI is InChI=1S/C19H23N3O2/c23-18-14-21(10-4-7-16-5-2-1-3-6-16)11-12-22(15-18)19(24)17-8-9-20-13-17/h1-9,13,18,20,23H,10-12,14-15H2/b7-4+. The van der Waals surface area contributed by atoms with E-state index >= 15 is 0 Å². The number of aliphatic hydroxyl groups excluding tert-OH is 1. The van der Waals surface area contributed by atoms with Crippen LogP contribution in [0.1, 0.15) is 15.9 Å². The van der Waals surface area contributed by atoms with Crippen molar-refractivity contribution in [3.63, 3.8) is 0 Å². The number of benzene rings is 1. The van der Waals surface area contributed by atoms with Gasteiger partial charge in [0.25, 0.3) is 5.91 Å². The Morgan fingerprint density at radius 1 is 1.21 bits per heavy atom. The van der Waals surface area contributed by atoms with Crippen LogP contribution in [0.3, 0.4) is 0 Å². The fourth-order valence-electron chi connectivity index (χ4n) is 2.95. The molecule has 126 valence electrons. The summed E-state index contributed by atoms with van der Waals surface area (Å²) in [6.07, 6.45) is 7.09. The van der Waals surface area contributed by atoms with Gasteiger partial charge in [-0.3, -0.25) is 9.69 Å². The molecular weight excluding hydrogens is 302 g/mol. The molecule has 2 aromatic rings. The molecule has 3 rings (SSSR count). The smallest absolute Gasteiger partial charge is 0.255 e. The molecule has 0 aliphatic carbocycles. The number of aromatic nitrogens is 1. The highest BCUT2D eigenvalue weighted by molar-refractivity contribution is 5.94. The van der Waals surface area contributed by atoms with E-state index in [2.05, 4.69) is 34.2 Å². The number of H-pyrrole nitrogens is 1. The van der Waals surface area contributed by atoms with Gasteiger partial charge in [0.15, 0.2) is 0 Å². The van der Waals surface area contributed by atoms with E-state index in [0.29, 0.717) is 25.2 Å². The zero-order valence-corrected chi connectivity index (χ0v) is 13.6. The van der Waals surface area contributed by atoms with Crippen molar-refractivity contribution in [2.45, 2.75) is 6.10 Å². The number of hydrogen-bond donors (Lipinski definition) is 2. The Balaban J connectivity index is 1.56. The van der Waals surface area contributed by atoms with Crippen molar-refractivity contribution >= 4 is 12.0 Å².